The monoisotopic (exact) mass is 521 g/mol. The fourth-order valence-electron chi connectivity index (χ4n) is 4.03. The molecule has 4 aromatic rings. The summed E-state index contributed by atoms with van der Waals surface area (Å²) in [5.74, 6) is -1.50. The average Bonchev–Trinajstić information content (AvgIpc) is 3.31. The summed E-state index contributed by atoms with van der Waals surface area (Å²) in [4.78, 5) is 44.8. The van der Waals surface area contributed by atoms with Crippen LogP contribution in [0.2, 0.25) is 0 Å². The number of phenols is 1. The summed E-state index contributed by atoms with van der Waals surface area (Å²) in [5.41, 5.74) is 0.911. The Morgan fingerprint density at radius 2 is 1.69 bits per heavy atom. The van der Waals surface area contributed by atoms with Gasteiger partial charge in [0.2, 0.25) is 0 Å². The summed E-state index contributed by atoms with van der Waals surface area (Å²) in [6, 6.07) is 19.4. The molecular weight excluding hydrogens is 498 g/mol. The van der Waals surface area contributed by atoms with Gasteiger partial charge in [-0.15, -0.1) is 10.2 Å². The van der Waals surface area contributed by atoms with Crippen molar-refractivity contribution in [3.8, 4) is 5.75 Å². The van der Waals surface area contributed by atoms with Crippen molar-refractivity contribution < 1.29 is 24.2 Å². The number of anilines is 1. The summed E-state index contributed by atoms with van der Waals surface area (Å²) in [6.07, 6.45) is 1.64. The molecule has 2 N–H and O–H groups in total. The highest BCUT2D eigenvalue weighted by Crippen LogP contribution is 2.40. The van der Waals surface area contributed by atoms with Crippen molar-refractivity contribution in [3.05, 3.63) is 94.6 Å². The summed E-state index contributed by atoms with van der Waals surface area (Å²) in [5, 5.41) is 24.4. The van der Waals surface area contributed by atoms with Gasteiger partial charge in [0.1, 0.15) is 11.4 Å². The Balaban J connectivity index is 1.50. The van der Waals surface area contributed by atoms with Gasteiger partial charge in [-0.3, -0.25) is 4.79 Å². The molecule has 1 aliphatic heterocycles. The molecule has 10 nitrogen and oxygen atoms in total. The van der Waals surface area contributed by atoms with Crippen LogP contribution in [-0.2, 0) is 4.74 Å². The highest BCUT2D eigenvalue weighted by molar-refractivity contribution is 6.11. The second-order valence-corrected chi connectivity index (χ2v) is 8.71. The number of carbonyl (C=O) groups is 3. The maximum atomic E-state index is 13.2. The first-order valence-electron chi connectivity index (χ1n) is 12.3. The van der Waals surface area contributed by atoms with Gasteiger partial charge < -0.3 is 15.2 Å². The zero-order valence-corrected chi connectivity index (χ0v) is 20.9. The van der Waals surface area contributed by atoms with Gasteiger partial charge in [-0.2, -0.15) is 9.98 Å². The maximum Gasteiger partial charge on any atom is 0.368 e. The van der Waals surface area contributed by atoms with E-state index in [2.05, 4.69) is 25.5 Å². The molecule has 0 atom stereocenters. The number of fused-ring (bicyclic) bond motifs is 2. The third-order valence-corrected chi connectivity index (χ3v) is 6.02. The molecular formula is C29H23N5O5. The van der Waals surface area contributed by atoms with Crippen LogP contribution in [0.5, 0.6) is 5.75 Å². The minimum absolute atomic E-state index is 0.0342. The SMILES string of the molecule is CCCCOC(=O)c1ccccc1N=Nc1c(O)c(C(=O)Nc2ccc3c(c2)=NC(=O)N=3)cc2ccccc12. The third-order valence-electron chi connectivity index (χ3n) is 6.02. The lowest BCUT2D eigenvalue weighted by Gasteiger charge is -2.11. The van der Waals surface area contributed by atoms with E-state index in [4.69, 9.17) is 4.74 Å². The van der Waals surface area contributed by atoms with Crippen molar-refractivity contribution in [3.63, 3.8) is 0 Å². The number of rotatable bonds is 8. The molecule has 39 heavy (non-hydrogen) atoms. The Morgan fingerprint density at radius 3 is 2.54 bits per heavy atom. The summed E-state index contributed by atoms with van der Waals surface area (Å²) in [6.45, 7) is 2.30. The molecule has 1 heterocycles. The van der Waals surface area contributed by atoms with E-state index in [1.165, 1.54) is 6.07 Å². The Morgan fingerprint density at radius 1 is 0.923 bits per heavy atom. The summed E-state index contributed by atoms with van der Waals surface area (Å²) in [7, 11) is 0. The van der Waals surface area contributed by atoms with Gasteiger partial charge in [-0.25, -0.2) is 9.59 Å². The van der Waals surface area contributed by atoms with Crippen molar-refractivity contribution in [2.45, 2.75) is 19.8 Å². The largest absolute Gasteiger partial charge is 0.505 e. The first-order valence-corrected chi connectivity index (χ1v) is 12.3. The van der Waals surface area contributed by atoms with Crippen LogP contribution in [0, 0.1) is 0 Å². The van der Waals surface area contributed by atoms with E-state index < -0.39 is 17.9 Å². The number of hydrogen-bond acceptors (Lipinski definition) is 7. The zero-order chi connectivity index (χ0) is 27.4. The number of unbranched alkanes of at least 4 members (excludes halogenated alkanes) is 1. The number of hydrogen-bond donors (Lipinski definition) is 2. The smallest absolute Gasteiger partial charge is 0.368 e. The van der Waals surface area contributed by atoms with E-state index in [1.807, 2.05) is 6.92 Å². The zero-order valence-electron chi connectivity index (χ0n) is 20.9. The van der Waals surface area contributed by atoms with Gasteiger partial charge in [0.05, 0.1) is 28.4 Å². The number of esters is 1. The molecule has 0 aliphatic carbocycles. The number of phenolic OH excluding ortho intramolecular Hbond substituents is 1. The molecule has 1 aliphatic rings. The van der Waals surface area contributed by atoms with Gasteiger partial charge in [-0.05, 0) is 48.2 Å². The molecule has 0 spiro atoms. The van der Waals surface area contributed by atoms with E-state index in [9.17, 15) is 19.5 Å². The van der Waals surface area contributed by atoms with E-state index in [0.29, 0.717) is 33.8 Å². The average molecular weight is 522 g/mol. The van der Waals surface area contributed by atoms with Gasteiger partial charge in [0.25, 0.3) is 5.91 Å². The Labute approximate surface area is 222 Å². The Hall–Kier alpha value is -5.25. The van der Waals surface area contributed by atoms with Crippen molar-refractivity contribution in [2.75, 3.05) is 11.9 Å². The number of carbonyl (C=O) groups excluding carboxylic acids is 3. The normalized spacial score (nSPS) is 12.2. The number of amides is 3. The number of azo groups is 1. The molecule has 0 unspecified atom stereocenters. The molecule has 194 valence electrons. The maximum absolute atomic E-state index is 13.2. The third kappa shape index (κ3) is 5.40. The van der Waals surface area contributed by atoms with Crippen LogP contribution in [0.15, 0.2) is 93.0 Å². The molecule has 10 heteroatoms. The number of ether oxygens (including phenoxy) is 1. The van der Waals surface area contributed by atoms with Crippen LogP contribution in [-0.4, -0.2) is 29.6 Å². The van der Waals surface area contributed by atoms with Gasteiger partial charge in [0.15, 0.2) is 5.75 Å². The molecule has 0 aromatic heterocycles. The fraction of sp³-hybridized carbons (Fsp3) is 0.138. The highest BCUT2D eigenvalue weighted by atomic mass is 16.5. The number of nitrogens with zero attached hydrogens (tertiary/aromatic N) is 4. The van der Waals surface area contributed by atoms with Gasteiger partial charge >= 0.3 is 12.0 Å². The lowest BCUT2D eigenvalue weighted by atomic mass is 10.0. The second kappa shape index (κ2) is 11.0. The number of nitrogens with one attached hydrogen (secondary N) is 1. The van der Waals surface area contributed by atoms with E-state index in [0.717, 1.165) is 12.8 Å². The predicted molar refractivity (Wildman–Crippen MR) is 144 cm³/mol. The molecule has 0 saturated carbocycles. The molecule has 3 amide bonds. The number of urea groups is 1. The van der Waals surface area contributed by atoms with Gasteiger partial charge in [-0.1, -0.05) is 49.7 Å². The number of aromatic hydroxyl groups is 1. The van der Waals surface area contributed by atoms with Gasteiger partial charge in [0, 0.05) is 11.1 Å². The van der Waals surface area contributed by atoms with Crippen LogP contribution < -0.4 is 16.0 Å². The van der Waals surface area contributed by atoms with Crippen LogP contribution in [0.25, 0.3) is 10.8 Å². The van der Waals surface area contributed by atoms with Crippen molar-refractivity contribution in [2.24, 2.45) is 20.2 Å². The summed E-state index contributed by atoms with van der Waals surface area (Å²) >= 11 is 0. The molecule has 5 rings (SSSR count). The van der Waals surface area contributed by atoms with Crippen LogP contribution >= 0.6 is 0 Å². The summed E-state index contributed by atoms with van der Waals surface area (Å²) < 4.78 is 5.32. The topological polar surface area (TPSA) is 142 Å². The second-order valence-electron chi connectivity index (χ2n) is 8.71. The lowest BCUT2D eigenvalue weighted by molar-refractivity contribution is 0.0500. The molecule has 0 saturated heterocycles. The van der Waals surface area contributed by atoms with E-state index in [1.54, 1.807) is 66.7 Å². The quantitative estimate of drug-likeness (QED) is 0.178. The van der Waals surface area contributed by atoms with Crippen molar-refractivity contribution in [1.82, 2.24) is 0 Å². The Kier molecular flexibility index (Phi) is 7.17. The first kappa shape index (κ1) is 25.4. The fourth-order valence-corrected chi connectivity index (χ4v) is 4.03. The lowest BCUT2D eigenvalue weighted by Crippen LogP contribution is -2.23. The van der Waals surface area contributed by atoms with Crippen LogP contribution in [0.4, 0.5) is 21.9 Å². The molecule has 0 radical (unpaired) electrons. The van der Waals surface area contributed by atoms with Crippen molar-refractivity contribution in [1.29, 1.82) is 0 Å². The minimum atomic E-state index is -0.605. The number of benzene rings is 4. The highest BCUT2D eigenvalue weighted by Gasteiger charge is 2.20. The van der Waals surface area contributed by atoms with E-state index in [-0.39, 0.29) is 28.3 Å². The molecule has 4 aromatic carbocycles. The van der Waals surface area contributed by atoms with Crippen LogP contribution in [0.1, 0.15) is 40.5 Å². The van der Waals surface area contributed by atoms with E-state index >= 15 is 0 Å². The Bertz CT molecular complexity index is 1780. The van der Waals surface area contributed by atoms with Crippen molar-refractivity contribution >= 4 is 45.7 Å². The first-order chi connectivity index (χ1) is 18.9. The van der Waals surface area contributed by atoms with Crippen LogP contribution in [0.3, 0.4) is 0 Å². The predicted octanol–water partition coefficient (Wildman–Crippen LogP) is 5.54. The minimum Gasteiger partial charge on any atom is -0.505 e. The molecule has 0 fully saturated rings. The molecule has 0 bridgehead atoms. The standard InChI is InChI=1S/C29H23N5O5/c1-2-3-14-39-28(37)20-10-6-7-11-22(20)33-34-25-19-9-5-4-8-17(19)15-21(26(25)35)27(36)30-18-12-13-23-24(16-18)32-29(38)31-23/h4-13,15-16,35H,2-3,14H2,1H3,(H,30,36).